The summed E-state index contributed by atoms with van der Waals surface area (Å²) in [4.78, 5) is 24.3. The lowest BCUT2D eigenvalue weighted by Gasteiger charge is -2.14. The largest absolute Gasteiger partial charge is 0.448 e. The van der Waals surface area contributed by atoms with E-state index in [0.29, 0.717) is 15.6 Å². The summed E-state index contributed by atoms with van der Waals surface area (Å²) in [6.07, 6.45) is -0.891. The molecule has 0 aliphatic rings. The lowest BCUT2D eigenvalue weighted by atomic mass is 10.2. The number of amides is 1. The fourth-order valence-corrected chi connectivity index (χ4v) is 2.41. The Morgan fingerprint density at radius 3 is 2.76 bits per heavy atom. The van der Waals surface area contributed by atoms with Gasteiger partial charge in [-0.2, -0.15) is 0 Å². The highest BCUT2D eigenvalue weighted by Crippen LogP contribution is 2.20. The van der Waals surface area contributed by atoms with Crippen LogP contribution in [0.1, 0.15) is 22.2 Å². The molecule has 1 aromatic carbocycles. The van der Waals surface area contributed by atoms with Crippen LogP contribution in [0.3, 0.4) is 0 Å². The third kappa shape index (κ3) is 4.06. The smallest absolute Gasteiger partial charge is 0.349 e. The van der Waals surface area contributed by atoms with Crippen molar-refractivity contribution in [3.63, 3.8) is 0 Å². The number of rotatable bonds is 4. The van der Waals surface area contributed by atoms with Gasteiger partial charge in [-0.3, -0.25) is 4.79 Å². The van der Waals surface area contributed by atoms with Crippen LogP contribution in [0.5, 0.6) is 0 Å². The maximum absolute atomic E-state index is 12.1. The number of carbonyl (C=O) groups excluding carboxylic acids is 2. The van der Waals surface area contributed by atoms with Gasteiger partial charge in [-0.25, -0.2) is 4.79 Å². The monoisotopic (exact) mass is 323 g/mol. The molecule has 1 N–H and O–H groups in total. The normalized spacial score (nSPS) is 11.8. The summed E-state index contributed by atoms with van der Waals surface area (Å²) in [5.41, 5.74) is 1.48. The van der Waals surface area contributed by atoms with E-state index in [0.717, 1.165) is 5.56 Å². The summed E-state index contributed by atoms with van der Waals surface area (Å²) in [6, 6.07) is 8.61. The molecule has 110 valence electrons. The third-order valence-corrected chi connectivity index (χ3v) is 3.92. The SMILES string of the molecule is Cc1ccc(Cl)cc1NC(=O)C(C)OC(=O)c1cccs1. The topological polar surface area (TPSA) is 55.4 Å². The lowest BCUT2D eigenvalue weighted by Crippen LogP contribution is -2.30. The molecule has 6 heteroatoms. The minimum absolute atomic E-state index is 0.398. The number of nitrogens with one attached hydrogen (secondary N) is 1. The van der Waals surface area contributed by atoms with Crippen molar-refractivity contribution in [2.75, 3.05) is 5.32 Å². The number of halogens is 1. The molecule has 0 bridgehead atoms. The maximum atomic E-state index is 12.1. The highest BCUT2D eigenvalue weighted by atomic mass is 35.5. The van der Waals surface area contributed by atoms with Crippen LogP contribution in [0, 0.1) is 6.92 Å². The highest BCUT2D eigenvalue weighted by Gasteiger charge is 2.20. The fraction of sp³-hybridized carbons (Fsp3) is 0.200. The van der Waals surface area contributed by atoms with E-state index in [1.807, 2.05) is 6.92 Å². The summed E-state index contributed by atoms with van der Waals surface area (Å²) < 4.78 is 5.13. The Morgan fingerprint density at radius 2 is 2.10 bits per heavy atom. The Bertz CT molecular complexity index is 655. The van der Waals surface area contributed by atoms with Gasteiger partial charge in [0.2, 0.25) is 0 Å². The van der Waals surface area contributed by atoms with Gasteiger partial charge in [0.25, 0.3) is 5.91 Å². The molecule has 1 unspecified atom stereocenters. The second-order valence-electron chi connectivity index (χ2n) is 4.47. The molecule has 1 atom stereocenters. The van der Waals surface area contributed by atoms with Crippen LogP contribution in [-0.4, -0.2) is 18.0 Å². The van der Waals surface area contributed by atoms with Crippen LogP contribution in [-0.2, 0) is 9.53 Å². The van der Waals surface area contributed by atoms with Gasteiger partial charge in [-0.15, -0.1) is 11.3 Å². The molecule has 0 fully saturated rings. The quantitative estimate of drug-likeness (QED) is 0.868. The second kappa shape index (κ2) is 6.74. The van der Waals surface area contributed by atoms with Crippen LogP contribution >= 0.6 is 22.9 Å². The average Bonchev–Trinajstić information content (AvgIpc) is 2.97. The third-order valence-electron chi connectivity index (χ3n) is 2.83. The molecule has 0 saturated carbocycles. The first kappa shape index (κ1) is 15.5. The van der Waals surface area contributed by atoms with Gasteiger partial charge < -0.3 is 10.1 Å². The van der Waals surface area contributed by atoms with Crippen molar-refractivity contribution in [1.82, 2.24) is 0 Å². The summed E-state index contributed by atoms with van der Waals surface area (Å²) >= 11 is 7.17. The summed E-state index contributed by atoms with van der Waals surface area (Å²) in [6.45, 7) is 3.38. The van der Waals surface area contributed by atoms with Crippen molar-refractivity contribution in [3.8, 4) is 0 Å². The first-order valence-electron chi connectivity index (χ1n) is 6.29. The van der Waals surface area contributed by atoms with Gasteiger partial charge in [0.15, 0.2) is 6.10 Å². The molecule has 4 nitrogen and oxygen atoms in total. The van der Waals surface area contributed by atoms with Crippen LogP contribution in [0.2, 0.25) is 5.02 Å². The van der Waals surface area contributed by atoms with Gasteiger partial charge >= 0.3 is 5.97 Å². The number of benzene rings is 1. The van der Waals surface area contributed by atoms with Gasteiger partial charge in [-0.05, 0) is 43.0 Å². The minimum Gasteiger partial charge on any atom is -0.448 e. The standard InChI is InChI=1S/C15H14ClNO3S/c1-9-5-6-11(16)8-12(9)17-14(18)10(2)20-15(19)13-4-3-7-21-13/h3-8,10H,1-2H3,(H,17,18). The number of hydrogen-bond donors (Lipinski definition) is 1. The van der Waals surface area contributed by atoms with Crippen molar-refractivity contribution in [1.29, 1.82) is 0 Å². The molecule has 0 aliphatic carbocycles. The van der Waals surface area contributed by atoms with Crippen LogP contribution in [0.15, 0.2) is 35.7 Å². The van der Waals surface area contributed by atoms with E-state index in [-0.39, 0.29) is 0 Å². The first-order valence-corrected chi connectivity index (χ1v) is 7.54. The van der Waals surface area contributed by atoms with Gasteiger partial charge in [-0.1, -0.05) is 23.7 Å². The van der Waals surface area contributed by atoms with Crippen LogP contribution in [0.4, 0.5) is 5.69 Å². The van der Waals surface area contributed by atoms with E-state index in [1.54, 1.807) is 35.7 Å². The molecular formula is C15H14ClNO3S. The number of aryl methyl sites for hydroxylation is 1. The zero-order valence-electron chi connectivity index (χ0n) is 11.6. The second-order valence-corrected chi connectivity index (χ2v) is 5.86. The Balaban J connectivity index is 1.99. The Kier molecular flexibility index (Phi) is 4.98. The number of esters is 1. The Morgan fingerprint density at radius 1 is 1.33 bits per heavy atom. The molecule has 0 saturated heterocycles. The van der Waals surface area contributed by atoms with Crippen LogP contribution < -0.4 is 5.32 Å². The highest BCUT2D eigenvalue weighted by molar-refractivity contribution is 7.11. The van der Waals surface area contributed by atoms with Crippen molar-refractivity contribution in [2.24, 2.45) is 0 Å². The van der Waals surface area contributed by atoms with E-state index in [1.165, 1.54) is 18.3 Å². The Hall–Kier alpha value is -1.85. The summed E-state index contributed by atoms with van der Waals surface area (Å²) in [5, 5.41) is 5.01. The van der Waals surface area contributed by atoms with E-state index >= 15 is 0 Å². The van der Waals surface area contributed by atoms with Crippen LogP contribution in [0.25, 0.3) is 0 Å². The first-order chi connectivity index (χ1) is 9.97. The molecule has 0 radical (unpaired) electrons. The predicted octanol–water partition coefficient (Wildman–Crippen LogP) is 3.89. The molecule has 1 amide bonds. The van der Waals surface area contributed by atoms with Gasteiger partial charge in [0.05, 0.1) is 0 Å². The molecule has 2 aromatic rings. The van der Waals surface area contributed by atoms with Crippen molar-refractivity contribution >= 4 is 40.5 Å². The molecule has 0 spiro atoms. The number of ether oxygens (including phenoxy) is 1. The van der Waals surface area contributed by atoms with Crippen molar-refractivity contribution < 1.29 is 14.3 Å². The molecule has 0 aliphatic heterocycles. The van der Waals surface area contributed by atoms with E-state index in [9.17, 15) is 9.59 Å². The minimum atomic E-state index is -0.891. The fourth-order valence-electron chi connectivity index (χ4n) is 1.63. The van der Waals surface area contributed by atoms with E-state index < -0.39 is 18.0 Å². The number of anilines is 1. The van der Waals surface area contributed by atoms with Gasteiger partial charge in [0.1, 0.15) is 4.88 Å². The molecule has 1 heterocycles. The maximum Gasteiger partial charge on any atom is 0.349 e. The summed E-state index contributed by atoms with van der Waals surface area (Å²) in [7, 11) is 0. The average molecular weight is 324 g/mol. The number of hydrogen-bond acceptors (Lipinski definition) is 4. The van der Waals surface area contributed by atoms with Crippen molar-refractivity contribution in [3.05, 3.63) is 51.2 Å². The zero-order valence-corrected chi connectivity index (χ0v) is 13.1. The molecule has 1 aromatic heterocycles. The van der Waals surface area contributed by atoms with E-state index in [2.05, 4.69) is 5.32 Å². The number of carbonyl (C=O) groups is 2. The Labute approximate surface area is 131 Å². The van der Waals surface area contributed by atoms with Crippen molar-refractivity contribution in [2.45, 2.75) is 20.0 Å². The zero-order chi connectivity index (χ0) is 15.4. The van der Waals surface area contributed by atoms with Gasteiger partial charge in [0, 0.05) is 10.7 Å². The molecule has 21 heavy (non-hydrogen) atoms. The van der Waals surface area contributed by atoms with E-state index in [4.69, 9.17) is 16.3 Å². The predicted molar refractivity (Wildman–Crippen MR) is 84.0 cm³/mol. The lowest BCUT2D eigenvalue weighted by molar-refractivity contribution is -0.123. The molecule has 2 rings (SSSR count). The molecular weight excluding hydrogens is 310 g/mol. The summed E-state index contributed by atoms with van der Waals surface area (Å²) in [5.74, 6) is -0.902. The number of thiophene rings is 1.